The van der Waals surface area contributed by atoms with E-state index in [1.165, 1.54) is 31.2 Å². The molecule has 0 aliphatic heterocycles. The summed E-state index contributed by atoms with van der Waals surface area (Å²) in [5.41, 5.74) is 1.24. The molecule has 82 valence electrons. The first-order chi connectivity index (χ1) is 7.27. The summed E-state index contributed by atoms with van der Waals surface area (Å²) in [6.45, 7) is 4.32. The van der Waals surface area contributed by atoms with Crippen LogP contribution in [0.4, 0.5) is 0 Å². The molecular formula is C14H20O. The van der Waals surface area contributed by atoms with Gasteiger partial charge >= 0.3 is 0 Å². The molecule has 1 heteroatoms. The van der Waals surface area contributed by atoms with Crippen LogP contribution in [0.3, 0.4) is 0 Å². The van der Waals surface area contributed by atoms with E-state index >= 15 is 0 Å². The van der Waals surface area contributed by atoms with Crippen molar-refractivity contribution in [1.82, 2.24) is 0 Å². The van der Waals surface area contributed by atoms with E-state index in [-0.39, 0.29) is 0 Å². The predicted molar refractivity (Wildman–Crippen MR) is 63.2 cm³/mol. The van der Waals surface area contributed by atoms with E-state index in [4.69, 9.17) is 4.74 Å². The fourth-order valence-corrected chi connectivity index (χ4v) is 2.41. The summed E-state index contributed by atoms with van der Waals surface area (Å²) in [4.78, 5) is 0. The lowest BCUT2D eigenvalue weighted by atomic mass is 10.0. The Bertz CT molecular complexity index is 313. The van der Waals surface area contributed by atoms with E-state index in [0.29, 0.717) is 6.10 Å². The van der Waals surface area contributed by atoms with Gasteiger partial charge in [0, 0.05) is 0 Å². The van der Waals surface area contributed by atoms with Gasteiger partial charge in [-0.1, -0.05) is 31.0 Å². The highest BCUT2D eigenvalue weighted by Gasteiger charge is 2.22. The number of aryl methyl sites for hydroxylation is 1. The second kappa shape index (κ2) is 4.69. The monoisotopic (exact) mass is 204 g/mol. The molecule has 1 aromatic carbocycles. The molecule has 0 N–H and O–H groups in total. The predicted octanol–water partition coefficient (Wildman–Crippen LogP) is 3.95. The van der Waals surface area contributed by atoms with Crippen molar-refractivity contribution in [3.63, 3.8) is 0 Å². The zero-order valence-electron chi connectivity index (χ0n) is 9.70. The summed E-state index contributed by atoms with van der Waals surface area (Å²) < 4.78 is 6.03. The molecule has 1 saturated carbocycles. The molecule has 0 heterocycles. The summed E-state index contributed by atoms with van der Waals surface area (Å²) in [6, 6.07) is 8.28. The molecule has 0 radical (unpaired) electrons. The molecule has 0 amide bonds. The van der Waals surface area contributed by atoms with Crippen LogP contribution >= 0.6 is 0 Å². The second-order valence-electron chi connectivity index (χ2n) is 4.63. The van der Waals surface area contributed by atoms with Gasteiger partial charge in [-0.25, -0.2) is 0 Å². The van der Waals surface area contributed by atoms with Crippen molar-refractivity contribution >= 4 is 0 Å². The molecular weight excluding hydrogens is 184 g/mol. The molecule has 2 rings (SSSR count). The Labute approximate surface area is 92.5 Å². The van der Waals surface area contributed by atoms with Gasteiger partial charge in [0.15, 0.2) is 0 Å². The van der Waals surface area contributed by atoms with Crippen LogP contribution in [0.25, 0.3) is 0 Å². The van der Waals surface area contributed by atoms with Gasteiger partial charge in [0.1, 0.15) is 5.75 Å². The van der Waals surface area contributed by atoms with Gasteiger partial charge in [0.05, 0.1) is 6.10 Å². The average Bonchev–Trinajstić information content (AvgIpc) is 2.74. The summed E-state index contributed by atoms with van der Waals surface area (Å²) in [6.07, 6.45) is 5.81. The first kappa shape index (κ1) is 10.5. The Balaban J connectivity index is 1.99. The minimum atomic E-state index is 0.369. The van der Waals surface area contributed by atoms with Gasteiger partial charge in [-0.3, -0.25) is 0 Å². The molecule has 1 nitrogen and oxygen atoms in total. The Kier molecular flexibility index (Phi) is 3.30. The zero-order valence-corrected chi connectivity index (χ0v) is 9.70. The molecule has 1 aromatic rings. The van der Waals surface area contributed by atoms with Crippen molar-refractivity contribution in [2.75, 3.05) is 0 Å². The molecule has 0 bridgehead atoms. The van der Waals surface area contributed by atoms with Crippen LogP contribution in [0.2, 0.25) is 0 Å². The Hall–Kier alpha value is -0.980. The van der Waals surface area contributed by atoms with Gasteiger partial charge in [0.25, 0.3) is 0 Å². The van der Waals surface area contributed by atoms with Gasteiger partial charge < -0.3 is 4.74 Å². The van der Waals surface area contributed by atoms with Crippen LogP contribution in [-0.4, -0.2) is 6.10 Å². The van der Waals surface area contributed by atoms with E-state index in [1.54, 1.807) is 0 Å². The van der Waals surface area contributed by atoms with Crippen molar-refractivity contribution in [1.29, 1.82) is 0 Å². The number of hydrogen-bond acceptors (Lipinski definition) is 1. The van der Waals surface area contributed by atoms with Crippen molar-refractivity contribution in [3.8, 4) is 5.75 Å². The van der Waals surface area contributed by atoms with Crippen LogP contribution < -0.4 is 4.74 Å². The fraction of sp³-hybridized carbons (Fsp3) is 0.571. The number of para-hydroxylation sites is 1. The molecule has 0 spiro atoms. The first-order valence-corrected chi connectivity index (χ1v) is 5.99. The normalized spacial score (nSPS) is 19.1. The van der Waals surface area contributed by atoms with Gasteiger partial charge in [0.2, 0.25) is 0 Å². The van der Waals surface area contributed by atoms with E-state index in [2.05, 4.69) is 32.0 Å². The molecule has 15 heavy (non-hydrogen) atoms. The molecule has 1 aliphatic carbocycles. The second-order valence-corrected chi connectivity index (χ2v) is 4.63. The van der Waals surface area contributed by atoms with E-state index in [1.807, 2.05) is 6.07 Å². The van der Waals surface area contributed by atoms with Crippen molar-refractivity contribution in [2.45, 2.75) is 45.6 Å². The Morgan fingerprint density at radius 3 is 2.53 bits per heavy atom. The third kappa shape index (κ3) is 2.53. The fourth-order valence-electron chi connectivity index (χ4n) is 2.41. The van der Waals surface area contributed by atoms with E-state index in [9.17, 15) is 0 Å². The van der Waals surface area contributed by atoms with Crippen LogP contribution in [0.5, 0.6) is 5.75 Å². The molecule has 1 unspecified atom stereocenters. The smallest absolute Gasteiger partial charge is 0.122 e. The minimum absolute atomic E-state index is 0.369. The number of benzene rings is 1. The van der Waals surface area contributed by atoms with Crippen LogP contribution in [0.1, 0.15) is 38.2 Å². The van der Waals surface area contributed by atoms with Crippen LogP contribution in [-0.2, 0) is 0 Å². The number of ether oxygens (including phenoxy) is 1. The first-order valence-electron chi connectivity index (χ1n) is 5.99. The third-order valence-electron chi connectivity index (χ3n) is 3.47. The standard InChI is InChI=1S/C14H20O/c1-11-7-3-6-10-14(11)15-12(2)13-8-4-5-9-13/h3,6-7,10,12-13H,4-5,8-9H2,1-2H3. The van der Waals surface area contributed by atoms with E-state index < -0.39 is 0 Å². The van der Waals surface area contributed by atoms with Gasteiger partial charge in [-0.05, 0) is 44.2 Å². The molecule has 1 fully saturated rings. The lowest BCUT2D eigenvalue weighted by Gasteiger charge is -2.21. The topological polar surface area (TPSA) is 9.23 Å². The van der Waals surface area contributed by atoms with Crippen LogP contribution in [0.15, 0.2) is 24.3 Å². The average molecular weight is 204 g/mol. The largest absolute Gasteiger partial charge is 0.490 e. The lowest BCUT2D eigenvalue weighted by molar-refractivity contribution is 0.153. The maximum atomic E-state index is 6.03. The molecule has 1 aliphatic rings. The summed E-state index contributed by atoms with van der Waals surface area (Å²) in [7, 11) is 0. The number of rotatable bonds is 3. The van der Waals surface area contributed by atoms with Crippen molar-refractivity contribution < 1.29 is 4.74 Å². The summed E-state index contributed by atoms with van der Waals surface area (Å²) in [5.74, 6) is 1.82. The van der Waals surface area contributed by atoms with Crippen molar-refractivity contribution in [2.24, 2.45) is 5.92 Å². The summed E-state index contributed by atoms with van der Waals surface area (Å²) in [5, 5.41) is 0. The summed E-state index contributed by atoms with van der Waals surface area (Å²) >= 11 is 0. The Morgan fingerprint density at radius 2 is 1.87 bits per heavy atom. The zero-order chi connectivity index (χ0) is 10.7. The van der Waals surface area contributed by atoms with E-state index in [0.717, 1.165) is 11.7 Å². The Morgan fingerprint density at radius 1 is 1.20 bits per heavy atom. The SMILES string of the molecule is Cc1ccccc1OC(C)C1CCCC1. The number of hydrogen-bond donors (Lipinski definition) is 0. The van der Waals surface area contributed by atoms with Gasteiger partial charge in [-0.15, -0.1) is 0 Å². The molecule has 0 saturated heterocycles. The molecule has 0 aromatic heterocycles. The lowest BCUT2D eigenvalue weighted by Crippen LogP contribution is -2.21. The highest BCUT2D eigenvalue weighted by molar-refractivity contribution is 5.31. The molecule has 1 atom stereocenters. The van der Waals surface area contributed by atoms with Gasteiger partial charge in [-0.2, -0.15) is 0 Å². The maximum Gasteiger partial charge on any atom is 0.122 e. The minimum Gasteiger partial charge on any atom is -0.490 e. The van der Waals surface area contributed by atoms with Crippen LogP contribution in [0, 0.1) is 12.8 Å². The van der Waals surface area contributed by atoms with Crippen molar-refractivity contribution in [3.05, 3.63) is 29.8 Å². The third-order valence-corrected chi connectivity index (χ3v) is 3.47. The maximum absolute atomic E-state index is 6.03. The highest BCUT2D eigenvalue weighted by atomic mass is 16.5. The quantitative estimate of drug-likeness (QED) is 0.724. The highest BCUT2D eigenvalue weighted by Crippen LogP contribution is 2.30.